The molecule has 4 heteroatoms. The molecule has 0 fully saturated rings. The first-order chi connectivity index (χ1) is 26.6. The van der Waals surface area contributed by atoms with Gasteiger partial charge < -0.3 is 9.47 Å². The molecule has 4 nitrogen and oxygen atoms in total. The zero-order valence-corrected chi connectivity index (χ0v) is 30.0. The van der Waals surface area contributed by atoms with Crippen molar-refractivity contribution in [1.82, 2.24) is 0 Å². The standard InChI is InChI=1S/C50H38O4/c51-49(39-19-17-37-25-33-11-1-3-13-35(33)27-41(37)29-39)53-45-23-21-31-9-5-7-15-43(31)47(45)48-44-16-8-6-10-32(44)22-24-46(48)54-50(52)40-20-18-38-26-34-12-2-4-14-36(34)28-42(38)30-40/h1-4,11-14,17-30H,5-10,15-16H2. The van der Waals surface area contributed by atoms with Crippen molar-refractivity contribution in [2.24, 2.45) is 0 Å². The number of hydrogen-bond acceptors (Lipinski definition) is 4. The summed E-state index contributed by atoms with van der Waals surface area (Å²) in [5.41, 5.74) is 7.66. The van der Waals surface area contributed by atoms with Crippen molar-refractivity contribution in [2.45, 2.75) is 51.4 Å². The molecule has 8 aromatic carbocycles. The molecule has 0 aliphatic heterocycles. The predicted octanol–water partition coefficient (Wildman–Crippen LogP) is 12.2. The molecule has 0 saturated heterocycles. The van der Waals surface area contributed by atoms with Crippen molar-refractivity contribution >= 4 is 55.0 Å². The maximum absolute atomic E-state index is 14.1. The topological polar surface area (TPSA) is 52.6 Å². The Morgan fingerprint density at radius 3 is 1.17 bits per heavy atom. The SMILES string of the molecule is O=C(Oc1ccc2c(c1-c1c(OC(=O)c3ccc4cc5ccccc5cc4c3)ccc3c1CCCC3)CCCC2)c1ccc2cc3ccccc3cc2c1. The monoisotopic (exact) mass is 702 g/mol. The first-order valence-electron chi connectivity index (χ1n) is 19.2. The summed E-state index contributed by atoms with van der Waals surface area (Å²) in [5, 5.41) is 8.70. The Kier molecular flexibility index (Phi) is 7.98. The highest BCUT2D eigenvalue weighted by Crippen LogP contribution is 2.47. The summed E-state index contributed by atoms with van der Waals surface area (Å²) in [5.74, 6) is 0.199. The van der Waals surface area contributed by atoms with Crippen LogP contribution in [0.15, 0.2) is 133 Å². The van der Waals surface area contributed by atoms with E-state index in [1.54, 1.807) is 0 Å². The van der Waals surface area contributed by atoms with Gasteiger partial charge in [-0.25, -0.2) is 9.59 Å². The number of rotatable bonds is 5. The number of aryl methyl sites for hydroxylation is 2. The maximum Gasteiger partial charge on any atom is 0.343 e. The molecule has 2 aliphatic carbocycles. The van der Waals surface area contributed by atoms with Crippen LogP contribution in [0.2, 0.25) is 0 Å². The van der Waals surface area contributed by atoms with Gasteiger partial charge in [0.25, 0.3) is 0 Å². The van der Waals surface area contributed by atoms with Crippen LogP contribution in [0.25, 0.3) is 54.2 Å². The predicted molar refractivity (Wildman–Crippen MR) is 218 cm³/mol. The molecule has 0 N–H and O–H groups in total. The largest absolute Gasteiger partial charge is 0.422 e. The molecule has 0 amide bonds. The Morgan fingerprint density at radius 1 is 0.370 bits per heavy atom. The van der Waals surface area contributed by atoms with Crippen LogP contribution in [-0.2, 0) is 25.7 Å². The lowest BCUT2D eigenvalue weighted by Gasteiger charge is -2.27. The number of carbonyl (C=O) groups is 2. The first-order valence-corrected chi connectivity index (χ1v) is 19.2. The molecule has 0 bridgehead atoms. The molecule has 0 radical (unpaired) electrons. The molecule has 8 aromatic rings. The van der Waals surface area contributed by atoms with Crippen LogP contribution >= 0.6 is 0 Å². The van der Waals surface area contributed by atoms with Gasteiger partial charge in [-0.05, 0) is 177 Å². The lowest BCUT2D eigenvalue weighted by atomic mass is 9.80. The van der Waals surface area contributed by atoms with Crippen molar-refractivity contribution < 1.29 is 19.1 Å². The molecule has 54 heavy (non-hydrogen) atoms. The molecule has 0 unspecified atom stereocenters. The number of hydrogen-bond donors (Lipinski definition) is 0. The molecule has 0 atom stereocenters. The molecule has 0 aromatic heterocycles. The van der Waals surface area contributed by atoms with E-state index in [1.807, 2.05) is 72.8 Å². The zero-order valence-electron chi connectivity index (χ0n) is 30.0. The fourth-order valence-electron chi connectivity index (χ4n) is 8.78. The van der Waals surface area contributed by atoms with Crippen LogP contribution in [0.3, 0.4) is 0 Å². The highest BCUT2D eigenvalue weighted by molar-refractivity contribution is 6.04. The zero-order chi connectivity index (χ0) is 36.2. The quantitative estimate of drug-likeness (QED) is 0.102. The van der Waals surface area contributed by atoms with Gasteiger partial charge in [-0.3, -0.25) is 0 Å². The molecule has 10 rings (SSSR count). The summed E-state index contributed by atoms with van der Waals surface area (Å²) < 4.78 is 12.9. The third-order valence-electron chi connectivity index (χ3n) is 11.5. The van der Waals surface area contributed by atoms with Crippen molar-refractivity contribution in [3.8, 4) is 22.6 Å². The second-order valence-corrected chi connectivity index (χ2v) is 14.9. The van der Waals surface area contributed by atoms with Crippen LogP contribution in [0.4, 0.5) is 0 Å². The van der Waals surface area contributed by atoms with E-state index < -0.39 is 11.9 Å². The number of ether oxygens (including phenoxy) is 2. The molecule has 0 saturated carbocycles. The lowest BCUT2D eigenvalue weighted by molar-refractivity contribution is 0.0723. The van der Waals surface area contributed by atoms with Crippen LogP contribution in [-0.4, -0.2) is 11.9 Å². The minimum atomic E-state index is -0.408. The van der Waals surface area contributed by atoms with Gasteiger partial charge >= 0.3 is 11.9 Å². The van der Waals surface area contributed by atoms with E-state index in [0.717, 1.165) is 106 Å². The lowest BCUT2D eigenvalue weighted by Crippen LogP contribution is -2.15. The summed E-state index contributed by atoms with van der Waals surface area (Å²) in [6, 6.07) is 44.7. The van der Waals surface area contributed by atoms with Gasteiger partial charge in [-0.15, -0.1) is 0 Å². The Balaban J connectivity index is 1.06. The fraction of sp³-hybridized carbons (Fsp3) is 0.160. The minimum absolute atomic E-state index is 0.408. The molecule has 0 spiro atoms. The van der Waals surface area contributed by atoms with E-state index in [1.165, 1.54) is 22.3 Å². The highest BCUT2D eigenvalue weighted by Gasteiger charge is 2.28. The molecule has 0 heterocycles. The van der Waals surface area contributed by atoms with Crippen molar-refractivity contribution in [3.05, 3.63) is 167 Å². The first kappa shape index (κ1) is 32.4. The average Bonchev–Trinajstić information content (AvgIpc) is 3.21. The van der Waals surface area contributed by atoms with Gasteiger partial charge in [0.2, 0.25) is 0 Å². The number of esters is 2. The van der Waals surface area contributed by atoms with Crippen LogP contribution < -0.4 is 9.47 Å². The molecule has 2 aliphatic rings. The Bertz CT molecular complexity index is 2630. The normalized spacial score (nSPS) is 13.9. The Labute approximate surface area is 314 Å². The van der Waals surface area contributed by atoms with Gasteiger partial charge in [0.05, 0.1) is 11.1 Å². The van der Waals surface area contributed by atoms with Crippen molar-refractivity contribution in [3.63, 3.8) is 0 Å². The summed E-state index contributed by atoms with van der Waals surface area (Å²) in [7, 11) is 0. The smallest absolute Gasteiger partial charge is 0.343 e. The van der Waals surface area contributed by atoms with Gasteiger partial charge in [-0.1, -0.05) is 72.8 Å². The number of benzene rings is 8. The summed E-state index contributed by atoms with van der Waals surface area (Å²) in [4.78, 5) is 28.2. The number of carbonyl (C=O) groups excluding carboxylic acids is 2. The third-order valence-corrected chi connectivity index (χ3v) is 11.5. The van der Waals surface area contributed by atoms with Crippen molar-refractivity contribution in [2.75, 3.05) is 0 Å². The highest BCUT2D eigenvalue weighted by atomic mass is 16.5. The third kappa shape index (κ3) is 5.79. The van der Waals surface area contributed by atoms with E-state index in [9.17, 15) is 9.59 Å². The molecule has 262 valence electrons. The summed E-state index contributed by atoms with van der Waals surface area (Å²) >= 11 is 0. The number of fused-ring (bicyclic) bond motifs is 6. The van der Waals surface area contributed by atoms with Crippen LogP contribution in [0, 0.1) is 0 Å². The fourth-order valence-corrected chi connectivity index (χ4v) is 8.78. The minimum Gasteiger partial charge on any atom is -0.422 e. The molecular formula is C50H38O4. The van der Waals surface area contributed by atoms with Crippen LogP contribution in [0.5, 0.6) is 11.5 Å². The molecular weight excluding hydrogens is 665 g/mol. The van der Waals surface area contributed by atoms with E-state index in [-0.39, 0.29) is 0 Å². The van der Waals surface area contributed by atoms with Gasteiger partial charge in [0.1, 0.15) is 11.5 Å². The summed E-state index contributed by atoms with van der Waals surface area (Å²) in [6.07, 6.45) is 7.99. The van der Waals surface area contributed by atoms with E-state index in [2.05, 4.69) is 60.7 Å². The Hall–Kier alpha value is -6.26. The summed E-state index contributed by atoms with van der Waals surface area (Å²) in [6.45, 7) is 0. The second-order valence-electron chi connectivity index (χ2n) is 14.9. The van der Waals surface area contributed by atoms with Crippen molar-refractivity contribution in [1.29, 1.82) is 0 Å². The van der Waals surface area contributed by atoms with E-state index in [0.29, 0.717) is 22.6 Å². The van der Waals surface area contributed by atoms with E-state index >= 15 is 0 Å². The van der Waals surface area contributed by atoms with Gasteiger partial charge in [0, 0.05) is 11.1 Å². The van der Waals surface area contributed by atoms with Gasteiger partial charge in [0.15, 0.2) is 0 Å². The van der Waals surface area contributed by atoms with Crippen LogP contribution in [0.1, 0.15) is 68.7 Å². The average molecular weight is 703 g/mol. The maximum atomic E-state index is 14.1. The Morgan fingerprint density at radius 2 is 0.741 bits per heavy atom. The van der Waals surface area contributed by atoms with E-state index in [4.69, 9.17) is 9.47 Å². The van der Waals surface area contributed by atoms with Gasteiger partial charge in [-0.2, -0.15) is 0 Å². The second kappa shape index (κ2) is 13.3.